The number of esters is 1. The van der Waals surface area contributed by atoms with Crippen LogP contribution in [0.15, 0.2) is 60.7 Å². The van der Waals surface area contributed by atoms with Gasteiger partial charge in [0.15, 0.2) is 0 Å². The molecule has 25 heavy (non-hydrogen) atoms. The van der Waals surface area contributed by atoms with Gasteiger partial charge in [0.2, 0.25) is 5.91 Å². The average molecular weight is 339 g/mol. The molecule has 2 rings (SSSR count). The Morgan fingerprint density at radius 1 is 1.04 bits per heavy atom. The van der Waals surface area contributed by atoms with Crippen molar-refractivity contribution >= 4 is 18.0 Å². The van der Waals surface area contributed by atoms with E-state index in [1.807, 2.05) is 30.3 Å². The maximum absolute atomic E-state index is 12.1. The van der Waals surface area contributed by atoms with Crippen LogP contribution in [0.3, 0.4) is 0 Å². The molecule has 0 aliphatic carbocycles. The first-order chi connectivity index (χ1) is 12.1. The second-order valence-electron chi connectivity index (χ2n) is 5.37. The summed E-state index contributed by atoms with van der Waals surface area (Å²) in [5, 5.41) is 0. The van der Waals surface area contributed by atoms with Crippen molar-refractivity contribution in [3.63, 3.8) is 0 Å². The molecule has 2 aromatic carbocycles. The minimum atomic E-state index is -0.384. The highest BCUT2D eigenvalue weighted by Crippen LogP contribution is 2.09. The molecular weight excluding hydrogens is 318 g/mol. The van der Waals surface area contributed by atoms with Gasteiger partial charge in [-0.1, -0.05) is 30.3 Å². The molecule has 0 heterocycles. The highest BCUT2D eigenvalue weighted by molar-refractivity contribution is 5.92. The first kappa shape index (κ1) is 18.3. The highest BCUT2D eigenvalue weighted by Gasteiger charge is 2.06. The van der Waals surface area contributed by atoms with Gasteiger partial charge in [0.1, 0.15) is 12.4 Å². The van der Waals surface area contributed by atoms with Gasteiger partial charge < -0.3 is 14.4 Å². The van der Waals surface area contributed by atoms with E-state index in [0.29, 0.717) is 18.7 Å². The van der Waals surface area contributed by atoms with Crippen LogP contribution in [-0.4, -0.2) is 44.1 Å². The first-order valence-corrected chi connectivity index (χ1v) is 7.89. The van der Waals surface area contributed by atoms with E-state index in [2.05, 4.69) is 4.74 Å². The van der Waals surface area contributed by atoms with Crippen molar-refractivity contribution in [1.29, 1.82) is 0 Å². The number of hydrogen-bond donors (Lipinski definition) is 0. The number of hydrogen-bond acceptors (Lipinski definition) is 4. The molecule has 5 nitrogen and oxygen atoms in total. The molecule has 5 heteroatoms. The van der Waals surface area contributed by atoms with Gasteiger partial charge in [-0.25, -0.2) is 4.79 Å². The molecule has 0 radical (unpaired) electrons. The van der Waals surface area contributed by atoms with Gasteiger partial charge in [-0.05, 0) is 35.9 Å². The van der Waals surface area contributed by atoms with Crippen LogP contribution in [0.1, 0.15) is 15.9 Å². The lowest BCUT2D eigenvalue weighted by atomic mass is 10.1. The second-order valence-corrected chi connectivity index (χ2v) is 5.37. The Morgan fingerprint density at radius 3 is 2.36 bits per heavy atom. The van der Waals surface area contributed by atoms with Gasteiger partial charge in [-0.2, -0.15) is 0 Å². The van der Waals surface area contributed by atoms with Crippen molar-refractivity contribution < 1.29 is 19.1 Å². The van der Waals surface area contributed by atoms with Crippen molar-refractivity contribution in [3.05, 3.63) is 71.8 Å². The van der Waals surface area contributed by atoms with Gasteiger partial charge >= 0.3 is 5.97 Å². The van der Waals surface area contributed by atoms with E-state index in [-0.39, 0.29) is 11.9 Å². The lowest BCUT2D eigenvalue weighted by molar-refractivity contribution is -0.125. The molecule has 0 saturated carbocycles. The van der Waals surface area contributed by atoms with Gasteiger partial charge in [0.05, 0.1) is 19.2 Å². The van der Waals surface area contributed by atoms with E-state index < -0.39 is 0 Å². The highest BCUT2D eigenvalue weighted by atomic mass is 16.5. The number of amides is 1. The lowest BCUT2D eigenvalue weighted by Crippen LogP contribution is -2.29. The van der Waals surface area contributed by atoms with Crippen molar-refractivity contribution in [2.24, 2.45) is 0 Å². The quantitative estimate of drug-likeness (QED) is 0.575. The molecule has 0 unspecified atom stereocenters. The zero-order chi connectivity index (χ0) is 18.1. The Labute approximate surface area is 147 Å². The predicted molar refractivity (Wildman–Crippen MR) is 96.4 cm³/mol. The Morgan fingerprint density at radius 2 is 1.72 bits per heavy atom. The van der Waals surface area contributed by atoms with Gasteiger partial charge in [-0.3, -0.25) is 4.79 Å². The van der Waals surface area contributed by atoms with Crippen molar-refractivity contribution in [1.82, 2.24) is 4.90 Å². The number of ether oxygens (including phenoxy) is 2. The van der Waals surface area contributed by atoms with E-state index in [0.717, 1.165) is 11.3 Å². The molecule has 0 aromatic heterocycles. The Hall–Kier alpha value is -3.08. The van der Waals surface area contributed by atoms with Crippen LogP contribution < -0.4 is 4.74 Å². The number of carbonyl (C=O) groups is 2. The molecule has 0 fully saturated rings. The molecule has 1 amide bonds. The molecule has 0 saturated heterocycles. The maximum atomic E-state index is 12.1. The Kier molecular flexibility index (Phi) is 6.77. The van der Waals surface area contributed by atoms with E-state index in [9.17, 15) is 9.59 Å². The standard InChI is InChI=1S/C20H21NO4/c1-21(14-15-25-18-6-4-3-5-7-18)19(22)13-10-16-8-11-17(12-9-16)20(23)24-2/h3-13H,14-15H2,1-2H3/b13-10+. The fraction of sp³-hybridized carbons (Fsp3) is 0.200. The summed E-state index contributed by atoms with van der Waals surface area (Å²) in [6.45, 7) is 0.910. The van der Waals surface area contributed by atoms with Crippen molar-refractivity contribution in [2.75, 3.05) is 27.3 Å². The summed E-state index contributed by atoms with van der Waals surface area (Å²) in [7, 11) is 3.06. The van der Waals surface area contributed by atoms with Crippen LogP contribution in [0.5, 0.6) is 5.75 Å². The third kappa shape index (κ3) is 5.80. The molecular formula is C20H21NO4. The summed E-state index contributed by atoms with van der Waals surface area (Å²) < 4.78 is 10.2. The zero-order valence-corrected chi connectivity index (χ0v) is 14.3. The summed E-state index contributed by atoms with van der Waals surface area (Å²) >= 11 is 0. The number of methoxy groups -OCH3 is 1. The lowest BCUT2D eigenvalue weighted by Gasteiger charge is -2.15. The number of para-hydroxylation sites is 1. The summed E-state index contributed by atoms with van der Waals surface area (Å²) in [4.78, 5) is 25.0. The number of carbonyl (C=O) groups excluding carboxylic acids is 2. The normalized spacial score (nSPS) is 10.5. The van der Waals surface area contributed by atoms with Crippen LogP contribution in [0, 0.1) is 0 Å². The molecule has 130 valence electrons. The summed E-state index contributed by atoms with van der Waals surface area (Å²) in [6, 6.07) is 16.3. The molecule has 0 N–H and O–H groups in total. The van der Waals surface area contributed by atoms with Crippen LogP contribution >= 0.6 is 0 Å². The van der Waals surface area contributed by atoms with Crippen molar-refractivity contribution in [3.8, 4) is 5.75 Å². The van der Waals surface area contributed by atoms with Gasteiger partial charge in [0, 0.05) is 13.1 Å². The Bertz CT molecular complexity index is 723. The largest absolute Gasteiger partial charge is 0.492 e. The van der Waals surface area contributed by atoms with Crippen LogP contribution in [-0.2, 0) is 9.53 Å². The van der Waals surface area contributed by atoms with Gasteiger partial charge in [-0.15, -0.1) is 0 Å². The van der Waals surface area contributed by atoms with E-state index in [1.54, 1.807) is 42.3 Å². The van der Waals surface area contributed by atoms with E-state index in [1.165, 1.54) is 13.2 Å². The van der Waals surface area contributed by atoms with Crippen LogP contribution in [0.2, 0.25) is 0 Å². The third-order valence-corrected chi connectivity index (χ3v) is 3.56. The summed E-state index contributed by atoms with van der Waals surface area (Å²) in [5.41, 5.74) is 1.30. The maximum Gasteiger partial charge on any atom is 0.337 e. The fourth-order valence-electron chi connectivity index (χ4n) is 2.07. The third-order valence-electron chi connectivity index (χ3n) is 3.56. The molecule has 0 aliphatic rings. The molecule has 0 spiro atoms. The minimum Gasteiger partial charge on any atom is -0.492 e. The van der Waals surface area contributed by atoms with E-state index >= 15 is 0 Å². The SMILES string of the molecule is COC(=O)c1ccc(/C=C/C(=O)N(C)CCOc2ccccc2)cc1. The molecule has 2 aromatic rings. The predicted octanol–water partition coefficient (Wildman–Crippen LogP) is 3.02. The summed E-state index contributed by atoms with van der Waals surface area (Å²) in [5.74, 6) is 0.281. The van der Waals surface area contributed by atoms with Gasteiger partial charge in [0.25, 0.3) is 0 Å². The zero-order valence-electron chi connectivity index (χ0n) is 14.3. The monoisotopic (exact) mass is 339 g/mol. The summed E-state index contributed by atoms with van der Waals surface area (Å²) in [6.07, 6.45) is 3.20. The molecule has 0 atom stereocenters. The number of likely N-dealkylation sites (N-methyl/N-ethyl adjacent to an activating group) is 1. The molecule has 0 bridgehead atoms. The first-order valence-electron chi connectivity index (χ1n) is 7.89. The minimum absolute atomic E-state index is 0.117. The Balaban J connectivity index is 1.81. The number of benzene rings is 2. The fourth-order valence-corrected chi connectivity index (χ4v) is 2.07. The second kappa shape index (κ2) is 9.27. The van der Waals surface area contributed by atoms with Crippen LogP contribution in [0.4, 0.5) is 0 Å². The smallest absolute Gasteiger partial charge is 0.337 e. The van der Waals surface area contributed by atoms with Crippen LogP contribution in [0.25, 0.3) is 6.08 Å². The molecule has 0 aliphatic heterocycles. The van der Waals surface area contributed by atoms with Crippen molar-refractivity contribution in [2.45, 2.75) is 0 Å². The van der Waals surface area contributed by atoms with E-state index in [4.69, 9.17) is 4.74 Å². The average Bonchev–Trinajstić information content (AvgIpc) is 2.66. The topological polar surface area (TPSA) is 55.8 Å². The number of rotatable bonds is 7. The number of nitrogens with zero attached hydrogens (tertiary/aromatic N) is 1.